The lowest BCUT2D eigenvalue weighted by molar-refractivity contribution is 0.210. The molecule has 2 aliphatic rings. The zero-order valence-electron chi connectivity index (χ0n) is 10.9. The van der Waals surface area contributed by atoms with Crippen LogP contribution in [0.25, 0.3) is 0 Å². The number of fused-ring (bicyclic) bond motifs is 1. The predicted molar refractivity (Wildman–Crippen MR) is 70.7 cm³/mol. The SMILES string of the molecule is CCC1C2CNCC2CN1Cc1ccc(F)cc1. The normalized spacial score (nSPS) is 31.8. The van der Waals surface area contributed by atoms with E-state index in [9.17, 15) is 4.39 Å². The van der Waals surface area contributed by atoms with E-state index in [-0.39, 0.29) is 5.82 Å². The molecule has 2 saturated heterocycles. The van der Waals surface area contributed by atoms with E-state index in [1.807, 2.05) is 12.1 Å². The van der Waals surface area contributed by atoms with Crippen molar-refractivity contribution in [3.05, 3.63) is 35.6 Å². The van der Waals surface area contributed by atoms with Gasteiger partial charge in [-0.25, -0.2) is 4.39 Å². The van der Waals surface area contributed by atoms with Crippen LogP contribution in [-0.2, 0) is 6.54 Å². The molecule has 1 N–H and O–H groups in total. The second kappa shape index (κ2) is 4.98. The van der Waals surface area contributed by atoms with E-state index in [1.165, 1.54) is 31.6 Å². The van der Waals surface area contributed by atoms with Crippen molar-refractivity contribution < 1.29 is 4.39 Å². The molecule has 0 spiro atoms. The number of rotatable bonds is 3. The van der Waals surface area contributed by atoms with Gasteiger partial charge in [0.1, 0.15) is 5.82 Å². The summed E-state index contributed by atoms with van der Waals surface area (Å²) < 4.78 is 12.9. The molecule has 3 atom stereocenters. The molecular weight excluding hydrogens is 227 g/mol. The van der Waals surface area contributed by atoms with E-state index in [0.717, 1.165) is 18.4 Å². The molecule has 2 aliphatic heterocycles. The quantitative estimate of drug-likeness (QED) is 0.882. The van der Waals surface area contributed by atoms with Crippen molar-refractivity contribution in [3.8, 4) is 0 Å². The van der Waals surface area contributed by atoms with Crippen LogP contribution >= 0.6 is 0 Å². The Labute approximate surface area is 108 Å². The van der Waals surface area contributed by atoms with Crippen LogP contribution in [0.15, 0.2) is 24.3 Å². The fraction of sp³-hybridized carbons (Fsp3) is 0.600. The van der Waals surface area contributed by atoms with Crippen LogP contribution in [0.4, 0.5) is 4.39 Å². The third-order valence-electron chi connectivity index (χ3n) is 4.54. The average molecular weight is 248 g/mol. The number of nitrogens with one attached hydrogen (secondary N) is 1. The zero-order chi connectivity index (χ0) is 12.5. The molecule has 3 heteroatoms. The summed E-state index contributed by atoms with van der Waals surface area (Å²) in [4.78, 5) is 2.59. The monoisotopic (exact) mass is 248 g/mol. The van der Waals surface area contributed by atoms with Gasteiger partial charge in [0.05, 0.1) is 0 Å². The van der Waals surface area contributed by atoms with Crippen LogP contribution < -0.4 is 5.32 Å². The molecule has 1 aromatic rings. The minimum atomic E-state index is -0.145. The number of hydrogen-bond acceptors (Lipinski definition) is 2. The Balaban J connectivity index is 1.71. The van der Waals surface area contributed by atoms with Gasteiger partial charge in [0.2, 0.25) is 0 Å². The first-order valence-corrected chi connectivity index (χ1v) is 6.97. The Kier molecular flexibility index (Phi) is 3.35. The molecular formula is C15H21FN2. The molecule has 3 rings (SSSR count). The van der Waals surface area contributed by atoms with Crippen molar-refractivity contribution in [3.63, 3.8) is 0 Å². The maximum Gasteiger partial charge on any atom is 0.123 e. The number of likely N-dealkylation sites (tertiary alicyclic amines) is 1. The number of hydrogen-bond donors (Lipinski definition) is 1. The van der Waals surface area contributed by atoms with Crippen LogP contribution in [0.2, 0.25) is 0 Å². The maximum atomic E-state index is 12.9. The Morgan fingerprint density at radius 2 is 2.06 bits per heavy atom. The molecule has 1 aromatic carbocycles. The summed E-state index contributed by atoms with van der Waals surface area (Å²) in [5.41, 5.74) is 1.22. The van der Waals surface area contributed by atoms with Gasteiger partial charge < -0.3 is 5.32 Å². The molecule has 0 radical (unpaired) electrons. The van der Waals surface area contributed by atoms with E-state index in [1.54, 1.807) is 12.1 Å². The van der Waals surface area contributed by atoms with Gasteiger partial charge in [-0.3, -0.25) is 4.90 Å². The second-order valence-corrected chi connectivity index (χ2v) is 5.61. The summed E-state index contributed by atoms with van der Waals surface area (Å²) in [6, 6.07) is 7.64. The summed E-state index contributed by atoms with van der Waals surface area (Å²) in [6.07, 6.45) is 1.21. The van der Waals surface area contributed by atoms with E-state index in [4.69, 9.17) is 0 Å². The fourth-order valence-electron chi connectivity index (χ4n) is 3.68. The van der Waals surface area contributed by atoms with Crippen molar-refractivity contribution in [2.75, 3.05) is 19.6 Å². The van der Waals surface area contributed by atoms with E-state index in [0.29, 0.717) is 6.04 Å². The van der Waals surface area contributed by atoms with Gasteiger partial charge in [-0.1, -0.05) is 19.1 Å². The minimum absolute atomic E-state index is 0.145. The minimum Gasteiger partial charge on any atom is -0.316 e. The first-order valence-electron chi connectivity index (χ1n) is 6.97. The van der Waals surface area contributed by atoms with Crippen LogP contribution in [-0.4, -0.2) is 30.6 Å². The third-order valence-corrected chi connectivity index (χ3v) is 4.54. The molecule has 98 valence electrons. The summed E-state index contributed by atoms with van der Waals surface area (Å²) in [7, 11) is 0. The Bertz CT molecular complexity index is 403. The molecule has 0 bridgehead atoms. The molecule has 0 aromatic heterocycles. The highest BCUT2D eigenvalue weighted by Crippen LogP contribution is 2.35. The summed E-state index contributed by atoms with van der Waals surface area (Å²) in [6.45, 7) is 6.77. The van der Waals surface area contributed by atoms with Gasteiger partial charge in [-0.2, -0.15) is 0 Å². The molecule has 18 heavy (non-hydrogen) atoms. The van der Waals surface area contributed by atoms with Crippen molar-refractivity contribution in [1.29, 1.82) is 0 Å². The Hall–Kier alpha value is -0.930. The van der Waals surface area contributed by atoms with E-state index in [2.05, 4.69) is 17.1 Å². The maximum absolute atomic E-state index is 12.9. The molecule has 0 saturated carbocycles. The topological polar surface area (TPSA) is 15.3 Å². The highest BCUT2D eigenvalue weighted by atomic mass is 19.1. The molecule has 3 unspecified atom stereocenters. The Morgan fingerprint density at radius 3 is 2.78 bits per heavy atom. The average Bonchev–Trinajstić information content (AvgIpc) is 2.92. The summed E-state index contributed by atoms with van der Waals surface area (Å²) in [5, 5.41) is 3.50. The largest absolute Gasteiger partial charge is 0.316 e. The fourth-order valence-corrected chi connectivity index (χ4v) is 3.68. The van der Waals surface area contributed by atoms with Gasteiger partial charge in [-0.15, -0.1) is 0 Å². The summed E-state index contributed by atoms with van der Waals surface area (Å²) >= 11 is 0. The van der Waals surface area contributed by atoms with Crippen LogP contribution in [0.3, 0.4) is 0 Å². The second-order valence-electron chi connectivity index (χ2n) is 5.61. The summed E-state index contributed by atoms with van der Waals surface area (Å²) in [5.74, 6) is 1.49. The van der Waals surface area contributed by atoms with Gasteiger partial charge in [-0.05, 0) is 49.0 Å². The third kappa shape index (κ3) is 2.17. The van der Waals surface area contributed by atoms with Gasteiger partial charge >= 0.3 is 0 Å². The smallest absolute Gasteiger partial charge is 0.123 e. The van der Waals surface area contributed by atoms with Crippen molar-refractivity contribution in [1.82, 2.24) is 10.2 Å². The molecule has 2 fully saturated rings. The molecule has 0 aliphatic carbocycles. The standard InChI is InChI=1S/C15H21FN2/c1-2-15-14-8-17-7-12(14)10-18(15)9-11-3-5-13(16)6-4-11/h3-6,12,14-15,17H,2,7-10H2,1H3. The predicted octanol–water partition coefficient (Wildman–Crippen LogP) is 2.26. The zero-order valence-corrected chi connectivity index (χ0v) is 10.9. The lowest BCUT2D eigenvalue weighted by atomic mass is 9.93. The molecule has 2 nitrogen and oxygen atoms in total. The lowest BCUT2D eigenvalue weighted by Gasteiger charge is -2.26. The number of nitrogens with zero attached hydrogens (tertiary/aromatic N) is 1. The van der Waals surface area contributed by atoms with Crippen LogP contribution in [0.5, 0.6) is 0 Å². The Morgan fingerprint density at radius 1 is 1.28 bits per heavy atom. The lowest BCUT2D eigenvalue weighted by Crippen LogP contribution is -2.34. The van der Waals surface area contributed by atoms with E-state index < -0.39 is 0 Å². The molecule has 0 amide bonds. The first-order chi connectivity index (χ1) is 8.78. The van der Waals surface area contributed by atoms with Gasteiger partial charge in [0.15, 0.2) is 0 Å². The van der Waals surface area contributed by atoms with Gasteiger partial charge in [0.25, 0.3) is 0 Å². The number of halogens is 1. The van der Waals surface area contributed by atoms with E-state index >= 15 is 0 Å². The first kappa shape index (κ1) is 12.1. The highest BCUT2D eigenvalue weighted by Gasteiger charge is 2.42. The van der Waals surface area contributed by atoms with Crippen molar-refractivity contribution in [2.24, 2.45) is 11.8 Å². The highest BCUT2D eigenvalue weighted by molar-refractivity contribution is 5.16. The molecule has 2 heterocycles. The number of benzene rings is 1. The van der Waals surface area contributed by atoms with Gasteiger partial charge in [0, 0.05) is 19.1 Å². The van der Waals surface area contributed by atoms with Crippen LogP contribution in [0, 0.1) is 17.7 Å². The van der Waals surface area contributed by atoms with Crippen molar-refractivity contribution in [2.45, 2.75) is 25.9 Å². The van der Waals surface area contributed by atoms with Crippen molar-refractivity contribution >= 4 is 0 Å². The van der Waals surface area contributed by atoms with Crippen LogP contribution in [0.1, 0.15) is 18.9 Å².